The number of carbonyl (C=O) groups is 1. The van der Waals surface area contributed by atoms with Gasteiger partial charge in [-0.3, -0.25) is 9.35 Å². The third kappa shape index (κ3) is 4.05. The molecule has 0 aliphatic carbocycles. The highest BCUT2D eigenvalue weighted by Crippen LogP contribution is 2.40. The molecule has 1 N–H and O–H groups in total. The molecule has 0 unspecified atom stereocenters. The van der Waals surface area contributed by atoms with Crippen molar-refractivity contribution in [3.05, 3.63) is 0 Å². The number of halogens is 4. The molecule has 0 amide bonds. The van der Waals surface area contributed by atoms with E-state index in [4.69, 9.17) is 4.55 Å². The number of hydrogen-bond donors (Lipinski definition) is 1. The molecule has 0 fully saturated rings. The molecule has 0 heterocycles. The Morgan fingerprint density at radius 3 is 2.00 bits per heavy atom. The van der Waals surface area contributed by atoms with E-state index >= 15 is 0 Å². The van der Waals surface area contributed by atoms with Gasteiger partial charge in [0.15, 0.2) is 0 Å². The van der Waals surface area contributed by atoms with Crippen LogP contribution in [0.25, 0.3) is 0 Å². The first kappa shape index (κ1) is 19.1. The Morgan fingerprint density at radius 2 is 1.65 bits per heavy atom. The van der Waals surface area contributed by atoms with Crippen LogP contribution >= 0.6 is 0 Å². The van der Waals surface area contributed by atoms with Gasteiger partial charge in [-0.05, 0) is 20.3 Å². The van der Waals surface area contributed by atoms with Crippen LogP contribution in [0, 0.1) is 5.41 Å². The predicted octanol–water partition coefficient (Wildman–Crippen LogP) is 2.47. The van der Waals surface area contributed by atoms with E-state index in [1.54, 1.807) is 6.92 Å². The SMILES string of the molecule is CCC(C)(C)C(=O)OCCC(F)(F)C(F)(F)S(=O)(=O)O. The van der Waals surface area contributed by atoms with Crippen LogP contribution in [0.1, 0.15) is 33.6 Å². The third-order valence-corrected chi connectivity index (χ3v) is 3.78. The van der Waals surface area contributed by atoms with Crippen molar-refractivity contribution in [2.24, 2.45) is 5.41 Å². The summed E-state index contributed by atoms with van der Waals surface area (Å²) in [4.78, 5) is 11.4. The number of esters is 1. The molecule has 0 saturated carbocycles. The molecule has 0 aromatic rings. The van der Waals surface area contributed by atoms with Gasteiger partial charge >= 0.3 is 27.3 Å². The summed E-state index contributed by atoms with van der Waals surface area (Å²) in [6, 6.07) is 0. The maximum Gasteiger partial charge on any atom is 0.431 e. The lowest BCUT2D eigenvalue weighted by Crippen LogP contribution is -2.47. The van der Waals surface area contributed by atoms with E-state index < -0.39 is 45.7 Å². The molecule has 0 aromatic carbocycles. The first-order chi connectivity index (χ1) is 8.69. The zero-order valence-electron chi connectivity index (χ0n) is 11.1. The lowest BCUT2D eigenvalue weighted by atomic mass is 9.91. The molecule has 0 spiro atoms. The van der Waals surface area contributed by atoms with E-state index in [0.717, 1.165) is 0 Å². The lowest BCUT2D eigenvalue weighted by Gasteiger charge is -2.25. The molecule has 10 heteroatoms. The Kier molecular flexibility index (Phi) is 5.58. The molecule has 0 aromatic heterocycles. The fourth-order valence-corrected chi connectivity index (χ4v) is 1.43. The number of rotatable bonds is 7. The number of ether oxygens (including phenoxy) is 1. The van der Waals surface area contributed by atoms with Crippen molar-refractivity contribution in [1.29, 1.82) is 0 Å². The minimum Gasteiger partial charge on any atom is -0.465 e. The van der Waals surface area contributed by atoms with Crippen LogP contribution < -0.4 is 0 Å². The smallest absolute Gasteiger partial charge is 0.431 e. The average molecular weight is 324 g/mol. The highest BCUT2D eigenvalue weighted by atomic mass is 32.2. The molecule has 120 valence electrons. The van der Waals surface area contributed by atoms with Gasteiger partial charge in [-0.15, -0.1) is 0 Å². The monoisotopic (exact) mass is 324 g/mol. The van der Waals surface area contributed by atoms with Gasteiger partial charge in [0.25, 0.3) is 0 Å². The zero-order chi connectivity index (χ0) is 16.4. The Morgan fingerprint density at radius 1 is 1.20 bits per heavy atom. The van der Waals surface area contributed by atoms with Crippen molar-refractivity contribution in [3.8, 4) is 0 Å². The molecular formula is C10H16F4O5S. The van der Waals surface area contributed by atoms with Crippen molar-refractivity contribution in [1.82, 2.24) is 0 Å². The van der Waals surface area contributed by atoms with Gasteiger partial charge in [-0.25, -0.2) is 0 Å². The van der Waals surface area contributed by atoms with Crippen LogP contribution in [0.15, 0.2) is 0 Å². The van der Waals surface area contributed by atoms with Gasteiger partial charge < -0.3 is 4.74 Å². The quantitative estimate of drug-likeness (QED) is 0.442. The molecule has 20 heavy (non-hydrogen) atoms. The third-order valence-electron chi connectivity index (χ3n) is 2.84. The fourth-order valence-electron chi connectivity index (χ4n) is 0.946. The van der Waals surface area contributed by atoms with Crippen LogP contribution in [0.5, 0.6) is 0 Å². The summed E-state index contributed by atoms with van der Waals surface area (Å²) in [5, 5.41) is -5.65. The molecule has 0 aliphatic rings. The highest BCUT2D eigenvalue weighted by Gasteiger charge is 2.65. The van der Waals surface area contributed by atoms with Crippen molar-refractivity contribution in [2.75, 3.05) is 6.61 Å². The molecular weight excluding hydrogens is 308 g/mol. The minimum atomic E-state index is -6.27. The number of alkyl halides is 4. The Bertz CT molecular complexity index is 458. The maximum absolute atomic E-state index is 13.0. The second-order valence-corrected chi connectivity index (χ2v) is 6.28. The van der Waals surface area contributed by atoms with E-state index in [0.29, 0.717) is 6.42 Å². The zero-order valence-corrected chi connectivity index (χ0v) is 11.9. The maximum atomic E-state index is 13.0. The van der Waals surface area contributed by atoms with Gasteiger partial charge in [0.1, 0.15) is 0 Å². The van der Waals surface area contributed by atoms with E-state index in [2.05, 4.69) is 4.74 Å². The van der Waals surface area contributed by atoms with Crippen LogP contribution in [-0.2, 0) is 19.6 Å². The molecule has 0 bridgehead atoms. The molecule has 0 saturated heterocycles. The standard InChI is InChI=1S/C10H16F4O5S/c1-4-8(2,3)7(15)19-6-5-9(11,12)10(13,14)20(16,17)18/h4-6H2,1-3H3,(H,16,17,18). The second kappa shape index (κ2) is 5.84. The number of carbonyl (C=O) groups excluding carboxylic acids is 1. The van der Waals surface area contributed by atoms with Gasteiger partial charge in [0, 0.05) is 0 Å². The van der Waals surface area contributed by atoms with Gasteiger partial charge in [0.05, 0.1) is 18.4 Å². The van der Waals surface area contributed by atoms with Crippen molar-refractivity contribution >= 4 is 16.1 Å². The Labute approximate surface area is 114 Å². The van der Waals surface area contributed by atoms with Crippen molar-refractivity contribution in [3.63, 3.8) is 0 Å². The van der Waals surface area contributed by atoms with E-state index in [9.17, 15) is 30.8 Å². The topological polar surface area (TPSA) is 80.7 Å². The largest absolute Gasteiger partial charge is 0.465 e. The normalized spacial score (nSPS) is 14.2. The van der Waals surface area contributed by atoms with Gasteiger partial charge in [0.2, 0.25) is 0 Å². The van der Waals surface area contributed by atoms with Crippen molar-refractivity contribution < 1.29 is 40.1 Å². The molecule has 0 rings (SSSR count). The summed E-state index contributed by atoms with van der Waals surface area (Å²) in [6.45, 7) is 3.49. The summed E-state index contributed by atoms with van der Waals surface area (Å²) >= 11 is 0. The summed E-state index contributed by atoms with van der Waals surface area (Å²) < 4.78 is 84.6. The first-order valence-corrected chi connectivity index (χ1v) is 7.03. The van der Waals surface area contributed by atoms with E-state index in [-0.39, 0.29) is 0 Å². The summed E-state index contributed by atoms with van der Waals surface area (Å²) in [5.41, 5.74) is -0.971. The number of hydrogen-bond acceptors (Lipinski definition) is 4. The van der Waals surface area contributed by atoms with Crippen LogP contribution in [0.4, 0.5) is 17.6 Å². The molecule has 5 nitrogen and oxygen atoms in total. The van der Waals surface area contributed by atoms with Crippen LogP contribution in [0.2, 0.25) is 0 Å². The van der Waals surface area contributed by atoms with Crippen LogP contribution in [0.3, 0.4) is 0 Å². The first-order valence-electron chi connectivity index (χ1n) is 5.59. The summed E-state index contributed by atoms with van der Waals surface area (Å²) in [5.74, 6) is -5.93. The van der Waals surface area contributed by atoms with E-state index in [1.165, 1.54) is 13.8 Å². The van der Waals surface area contributed by atoms with E-state index in [1.807, 2.05) is 0 Å². The molecule has 0 radical (unpaired) electrons. The van der Waals surface area contributed by atoms with Crippen molar-refractivity contribution in [2.45, 2.75) is 44.8 Å². The lowest BCUT2D eigenvalue weighted by molar-refractivity contribution is -0.177. The fraction of sp³-hybridized carbons (Fsp3) is 0.900. The minimum absolute atomic E-state index is 0.337. The van der Waals surface area contributed by atoms with Gasteiger partial charge in [-0.1, -0.05) is 6.92 Å². The summed E-state index contributed by atoms with van der Waals surface area (Å²) in [7, 11) is -6.27. The molecule has 0 aliphatic heterocycles. The highest BCUT2D eigenvalue weighted by molar-refractivity contribution is 7.87. The van der Waals surface area contributed by atoms with Gasteiger partial charge in [-0.2, -0.15) is 26.0 Å². The average Bonchev–Trinajstić information content (AvgIpc) is 2.26. The second-order valence-electron chi connectivity index (χ2n) is 4.82. The summed E-state index contributed by atoms with van der Waals surface area (Å²) in [6.07, 6.45) is -1.39. The molecule has 0 atom stereocenters. The van der Waals surface area contributed by atoms with Crippen LogP contribution in [-0.4, -0.2) is 36.7 Å². The predicted molar refractivity (Wildman–Crippen MR) is 61.1 cm³/mol. The Balaban J connectivity index is 4.72. The Hall–Kier alpha value is -0.900.